The van der Waals surface area contributed by atoms with Crippen molar-refractivity contribution in [3.05, 3.63) is 0 Å². The van der Waals surface area contributed by atoms with Gasteiger partial charge in [-0.25, -0.2) is 0 Å². The molecule has 0 bridgehead atoms. The Kier molecular flexibility index (Phi) is 8.04. The van der Waals surface area contributed by atoms with Crippen LogP contribution in [0.25, 0.3) is 0 Å². The Morgan fingerprint density at radius 1 is 1.25 bits per heavy atom. The summed E-state index contributed by atoms with van der Waals surface area (Å²) in [5.74, 6) is 0. The highest BCUT2D eigenvalue weighted by Gasteiger charge is 2.14. The number of carbonyl (C=O) groups is 1. The topological polar surface area (TPSA) is 17.1 Å². The van der Waals surface area contributed by atoms with Crippen molar-refractivity contribution in [1.82, 2.24) is 0 Å². The smallest absolute Gasteiger partial charge is 0.139 e. The second-order valence-electron chi connectivity index (χ2n) is 2.95. The van der Waals surface area contributed by atoms with E-state index in [1.165, 1.54) is 19.3 Å². The van der Waals surface area contributed by atoms with E-state index < -0.39 is 5.38 Å². The van der Waals surface area contributed by atoms with Crippen LogP contribution in [-0.2, 0) is 4.79 Å². The predicted octanol–water partition coefficient (Wildman–Crippen LogP) is 3.37. The highest BCUT2D eigenvalue weighted by Crippen LogP contribution is 2.16. The number of hydrogen-bond donors (Lipinski definition) is 0. The lowest BCUT2D eigenvalue weighted by Crippen LogP contribution is -2.15. The van der Waals surface area contributed by atoms with E-state index in [2.05, 4.69) is 6.92 Å². The van der Waals surface area contributed by atoms with E-state index in [1.807, 2.05) is 0 Å². The van der Waals surface area contributed by atoms with Crippen LogP contribution in [0.15, 0.2) is 0 Å². The zero-order valence-electron chi connectivity index (χ0n) is 7.43. The fourth-order valence-electron chi connectivity index (χ4n) is 1.01. The molecule has 0 radical (unpaired) electrons. The van der Waals surface area contributed by atoms with Gasteiger partial charge in [0.1, 0.15) is 11.7 Å². The molecule has 0 aromatic heterocycles. The average Bonchev–Trinajstić information content (AvgIpc) is 2.10. The highest BCUT2D eigenvalue weighted by molar-refractivity contribution is 6.35. The first-order valence-electron chi connectivity index (χ1n) is 4.45. The van der Waals surface area contributed by atoms with E-state index in [1.54, 1.807) is 0 Å². The van der Waals surface area contributed by atoms with Gasteiger partial charge in [0.05, 0.1) is 5.38 Å². The van der Waals surface area contributed by atoms with Gasteiger partial charge in [-0.2, -0.15) is 0 Å². The summed E-state index contributed by atoms with van der Waals surface area (Å²) < 4.78 is 0. The summed E-state index contributed by atoms with van der Waals surface area (Å²) in [5, 5.41) is -0.714. The Hall–Kier alpha value is 0.250. The molecule has 0 aromatic rings. The highest BCUT2D eigenvalue weighted by atomic mass is 35.5. The minimum atomic E-state index is -0.520. The number of halogens is 2. The van der Waals surface area contributed by atoms with E-state index in [9.17, 15) is 4.79 Å². The summed E-state index contributed by atoms with van der Waals surface area (Å²) in [4.78, 5) is 10.2. The summed E-state index contributed by atoms with van der Waals surface area (Å²) in [5.41, 5.74) is 0. The molecule has 0 saturated heterocycles. The Morgan fingerprint density at radius 2 is 1.92 bits per heavy atom. The van der Waals surface area contributed by atoms with Crippen molar-refractivity contribution >= 4 is 29.5 Å². The van der Waals surface area contributed by atoms with Gasteiger partial charge in [-0.3, -0.25) is 0 Å². The van der Waals surface area contributed by atoms with Crippen LogP contribution in [0.3, 0.4) is 0 Å². The van der Waals surface area contributed by atoms with Gasteiger partial charge >= 0.3 is 0 Å². The van der Waals surface area contributed by atoms with E-state index >= 15 is 0 Å². The number of rotatable bonds is 7. The molecule has 12 heavy (non-hydrogen) atoms. The molecule has 0 aliphatic carbocycles. The first-order chi connectivity index (χ1) is 5.72. The molecule has 0 spiro atoms. The van der Waals surface area contributed by atoms with Crippen LogP contribution < -0.4 is 0 Å². The molecule has 0 amide bonds. The molecular weight excluding hydrogens is 195 g/mol. The van der Waals surface area contributed by atoms with Crippen LogP contribution >= 0.6 is 23.2 Å². The number of alkyl halides is 2. The minimum absolute atomic E-state index is 0.193. The van der Waals surface area contributed by atoms with Gasteiger partial charge in [-0.1, -0.05) is 32.6 Å². The van der Waals surface area contributed by atoms with Gasteiger partial charge < -0.3 is 4.79 Å². The third-order valence-corrected chi connectivity index (χ3v) is 2.83. The van der Waals surface area contributed by atoms with Crippen molar-refractivity contribution in [2.45, 2.75) is 49.8 Å². The summed E-state index contributed by atoms with van der Waals surface area (Å²) >= 11 is 11.5. The molecule has 2 atom stereocenters. The standard InChI is InChI=1S/C9H16Cl2O/c1-2-3-4-5-6-8(10)9(11)7-12/h7-9H,2-6H2,1H3/t8-,9+/m0/s1. The van der Waals surface area contributed by atoms with Gasteiger partial charge in [0.25, 0.3) is 0 Å². The first kappa shape index (κ1) is 12.2. The third kappa shape index (κ3) is 5.84. The molecule has 0 rings (SSSR count). The van der Waals surface area contributed by atoms with Crippen molar-refractivity contribution < 1.29 is 4.79 Å². The molecule has 3 heteroatoms. The van der Waals surface area contributed by atoms with Gasteiger partial charge in [-0.15, -0.1) is 23.2 Å². The van der Waals surface area contributed by atoms with Crippen LogP contribution in [0.2, 0.25) is 0 Å². The van der Waals surface area contributed by atoms with E-state index in [-0.39, 0.29) is 5.38 Å². The Bertz CT molecular complexity index is 117. The van der Waals surface area contributed by atoms with Crippen molar-refractivity contribution in [3.63, 3.8) is 0 Å². The quantitative estimate of drug-likeness (QED) is 0.358. The summed E-state index contributed by atoms with van der Waals surface area (Å²) in [7, 11) is 0. The van der Waals surface area contributed by atoms with Crippen molar-refractivity contribution in [1.29, 1.82) is 0 Å². The molecule has 0 unspecified atom stereocenters. The number of carbonyl (C=O) groups excluding carboxylic acids is 1. The van der Waals surface area contributed by atoms with Crippen LogP contribution in [0.4, 0.5) is 0 Å². The zero-order chi connectivity index (χ0) is 9.40. The summed E-state index contributed by atoms with van der Waals surface area (Å²) in [6, 6.07) is 0. The van der Waals surface area contributed by atoms with Gasteiger partial charge in [0, 0.05) is 0 Å². The molecule has 0 fully saturated rings. The Morgan fingerprint density at radius 3 is 2.42 bits per heavy atom. The molecule has 0 aliphatic rings. The van der Waals surface area contributed by atoms with Gasteiger partial charge in [0.2, 0.25) is 0 Å². The van der Waals surface area contributed by atoms with Gasteiger partial charge in [-0.05, 0) is 6.42 Å². The van der Waals surface area contributed by atoms with E-state index in [0.29, 0.717) is 6.29 Å². The Balaban J connectivity index is 3.30. The fraction of sp³-hybridized carbons (Fsp3) is 0.889. The molecule has 0 heterocycles. The number of unbranched alkanes of at least 4 members (excludes halogenated alkanes) is 3. The second-order valence-corrected chi connectivity index (χ2v) is 4.01. The largest absolute Gasteiger partial charge is 0.302 e. The normalized spacial score (nSPS) is 15.6. The monoisotopic (exact) mass is 210 g/mol. The average molecular weight is 211 g/mol. The van der Waals surface area contributed by atoms with Crippen LogP contribution in [0, 0.1) is 0 Å². The van der Waals surface area contributed by atoms with E-state index in [4.69, 9.17) is 23.2 Å². The second kappa shape index (κ2) is 7.88. The molecule has 0 N–H and O–H groups in total. The maximum atomic E-state index is 10.2. The maximum absolute atomic E-state index is 10.2. The fourth-order valence-corrected chi connectivity index (χ4v) is 1.35. The molecule has 1 nitrogen and oxygen atoms in total. The first-order valence-corrected chi connectivity index (χ1v) is 5.33. The van der Waals surface area contributed by atoms with E-state index in [0.717, 1.165) is 12.8 Å². The SMILES string of the molecule is CCCCCC[C@H](Cl)[C@H](Cl)C=O. The van der Waals surface area contributed by atoms with Crippen molar-refractivity contribution in [3.8, 4) is 0 Å². The summed E-state index contributed by atoms with van der Waals surface area (Å²) in [6.45, 7) is 2.16. The lowest BCUT2D eigenvalue weighted by atomic mass is 10.1. The maximum Gasteiger partial charge on any atom is 0.139 e. The zero-order valence-corrected chi connectivity index (χ0v) is 8.94. The van der Waals surface area contributed by atoms with Crippen molar-refractivity contribution in [2.24, 2.45) is 0 Å². The van der Waals surface area contributed by atoms with Crippen LogP contribution in [-0.4, -0.2) is 17.0 Å². The summed E-state index contributed by atoms with van der Waals surface area (Å²) in [6.07, 6.45) is 6.25. The number of hydrogen-bond acceptors (Lipinski definition) is 1. The predicted molar refractivity (Wildman–Crippen MR) is 54.1 cm³/mol. The Labute approximate surface area is 84.4 Å². The lowest BCUT2D eigenvalue weighted by molar-refractivity contribution is -0.107. The molecular formula is C9H16Cl2O. The third-order valence-electron chi connectivity index (χ3n) is 1.81. The van der Waals surface area contributed by atoms with Crippen LogP contribution in [0.1, 0.15) is 39.0 Å². The van der Waals surface area contributed by atoms with Crippen LogP contribution in [0.5, 0.6) is 0 Å². The minimum Gasteiger partial charge on any atom is -0.302 e. The molecule has 0 aliphatic heterocycles. The molecule has 72 valence electrons. The van der Waals surface area contributed by atoms with Crippen molar-refractivity contribution in [2.75, 3.05) is 0 Å². The lowest BCUT2D eigenvalue weighted by Gasteiger charge is -2.09. The molecule has 0 aromatic carbocycles. The molecule has 0 saturated carbocycles. The number of aldehydes is 1. The van der Waals surface area contributed by atoms with Gasteiger partial charge in [0.15, 0.2) is 0 Å².